The van der Waals surface area contributed by atoms with Crippen LogP contribution in [0.15, 0.2) is 0 Å². The maximum atomic E-state index is 10.3. The van der Waals surface area contributed by atoms with Gasteiger partial charge in [-0.15, -0.1) is 0 Å². The Bertz CT molecular complexity index is 157. The van der Waals surface area contributed by atoms with Crippen LogP contribution in [0.4, 0.5) is 0 Å². The Balaban J connectivity index is 3.68. The zero-order valence-corrected chi connectivity index (χ0v) is 14.4. The van der Waals surface area contributed by atoms with E-state index >= 15 is 0 Å². The second-order valence-corrected chi connectivity index (χ2v) is 14.1. The molecule has 0 atom stereocenters. The molecule has 0 amide bonds. The zero-order valence-electron chi connectivity index (χ0n) is 9.91. The van der Waals surface area contributed by atoms with E-state index in [0.29, 0.717) is 0 Å². The van der Waals surface area contributed by atoms with Crippen molar-refractivity contribution >= 4 is 23.2 Å². The molecular weight excluding hydrogens is 386 g/mol. The summed E-state index contributed by atoms with van der Waals surface area (Å²) in [5.74, 6) is 0. The molecule has 0 aromatic rings. The fourth-order valence-electron chi connectivity index (χ4n) is 1.62. The molecule has 5 heteroatoms. The summed E-state index contributed by atoms with van der Waals surface area (Å²) < 4.78 is 6.97. The molecule has 0 aliphatic carbocycles. The number of unbranched alkanes of at least 4 members (excludes halogenated alkanes) is 4. The molecule has 0 heterocycles. The molecule has 0 spiro atoms. The summed E-state index contributed by atoms with van der Waals surface area (Å²) in [4.78, 5) is 10.3. The number of rotatable bonds is 10. The molecule has 0 aromatic carbocycles. The molecule has 88 valence electrons. The first-order chi connectivity index (χ1) is 7.20. The fourth-order valence-corrected chi connectivity index (χ4v) is 10.3. The third kappa shape index (κ3) is 10.4. The monoisotopic (exact) mass is 409 g/mol. The third-order valence-corrected chi connectivity index (χ3v) is 12.5. The van der Waals surface area contributed by atoms with Crippen molar-refractivity contribution in [3.05, 3.63) is 10.1 Å². The summed E-state index contributed by atoms with van der Waals surface area (Å²) in [7, 11) is 0. The van der Waals surface area contributed by atoms with Crippen molar-refractivity contribution in [1.82, 2.24) is 0 Å². The van der Waals surface area contributed by atoms with Gasteiger partial charge in [-0.05, 0) is 0 Å². The van der Waals surface area contributed by atoms with E-state index in [1.54, 1.807) is 0 Å². The van der Waals surface area contributed by atoms with Crippen molar-refractivity contribution in [2.45, 2.75) is 60.3 Å². The van der Waals surface area contributed by atoms with Crippen LogP contribution in [0.1, 0.15) is 52.4 Å². The average molecular weight is 409 g/mol. The fraction of sp³-hybridized carbons (Fsp3) is 1.00. The van der Waals surface area contributed by atoms with Crippen LogP contribution in [0.25, 0.3) is 0 Å². The Labute approximate surface area is 101 Å². The SMILES string of the molecule is CCCC[CH2][Tl]([CH2]CCCC)[O][N+](=O)[O-]. The van der Waals surface area contributed by atoms with Gasteiger partial charge in [0.2, 0.25) is 0 Å². The Morgan fingerprint density at radius 1 is 1.07 bits per heavy atom. The van der Waals surface area contributed by atoms with Crippen molar-refractivity contribution in [3.8, 4) is 0 Å². The summed E-state index contributed by atoms with van der Waals surface area (Å²) in [6.07, 6.45) is 6.98. The summed E-state index contributed by atoms with van der Waals surface area (Å²) in [6.45, 7) is 4.30. The first kappa shape index (κ1) is 15.1. The quantitative estimate of drug-likeness (QED) is 0.240. The predicted molar refractivity (Wildman–Crippen MR) is 62.5 cm³/mol. The second kappa shape index (κ2) is 10.6. The average Bonchev–Trinajstić information content (AvgIpc) is 2.17. The van der Waals surface area contributed by atoms with Crippen molar-refractivity contribution in [2.75, 3.05) is 0 Å². The van der Waals surface area contributed by atoms with Crippen LogP contribution in [0, 0.1) is 10.1 Å². The molecular formula is C10H22NO3Tl. The minimum absolute atomic E-state index is 0.551. The maximum absolute atomic E-state index is 10.3. The van der Waals surface area contributed by atoms with Gasteiger partial charge in [-0.25, -0.2) is 0 Å². The van der Waals surface area contributed by atoms with Gasteiger partial charge in [0.15, 0.2) is 0 Å². The van der Waals surface area contributed by atoms with Gasteiger partial charge < -0.3 is 0 Å². The van der Waals surface area contributed by atoms with Crippen LogP contribution in [0.2, 0.25) is 7.96 Å². The molecule has 0 aliphatic rings. The van der Waals surface area contributed by atoms with Crippen LogP contribution >= 0.6 is 0 Å². The molecule has 0 aromatic heterocycles. The molecule has 0 aliphatic heterocycles. The summed E-state index contributed by atoms with van der Waals surface area (Å²) in [5.41, 5.74) is 0. The van der Waals surface area contributed by atoms with Crippen molar-refractivity contribution in [3.63, 3.8) is 0 Å². The Hall–Kier alpha value is 0.122. The first-order valence-electron chi connectivity index (χ1n) is 6.01. The second-order valence-electron chi connectivity index (χ2n) is 3.94. The molecule has 0 bridgehead atoms. The number of hydrogen-bond donors (Lipinski definition) is 0. The molecule has 0 saturated heterocycles. The van der Waals surface area contributed by atoms with E-state index in [4.69, 9.17) is 2.79 Å². The number of nitrogens with zero attached hydrogens (tertiary/aromatic N) is 1. The van der Waals surface area contributed by atoms with Gasteiger partial charge in [0.05, 0.1) is 0 Å². The van der Waals surface area contributed by atoms with Crippen molar-refractivity contribution in [2.24, 2.45) is 0 Å². The standard InChI is InChI=1S/2C5H11.NO3.Tl/c2*1-3-5-4-2;2-1(3)4;/h2*1,3-5H2,2H3;;/q;;-1;+1. The predicted octanol–water partition coefficient (Wildman–Crippen LogP) is 3.57. The van der Waals surface area contributed by atoms with Gasteiger partial charge in [-0.1, -0.05) is 0 Å². The zero-order chi connectivity index (χ0) is 11.5. The van der Waals surface area contributed by atoms with E-state index in [1.165, 1.54) is 25.7 Å². The molecule has 0 saturated carbocycles. The summed E-state index contributed by atoms with van der Waals surface area (Å²) in [5, 5.41) is 9.76. The van der Waals surface area contributed by atoms with Crippen LogP contribution in [-0.4, -0.2) is 28.2 Å². The van der Waals surface area contributed by atoms with E-state index in [2.05, 4.69) is 13.8 Å². The van der Waals surface area contributed by atoms with Crippen LogP contribution in [-0.2, 0) is 2.79 Å². The summed E-state index contributed by atoms with van der Waals surface area (Å²) in [6, 6.07) is 0. The third-order valence-electron chi connectivity index (χ3n) is 2.49. The van der Waals surface area contributed by atoms with E-state index in [1.807, 2.05) is 0 Å². The molecule has 4 nitrogen and oxygen atoms in total. The number of hydrogen-bond acceptors (Lipinski definition) is 3. The van der Waals surface area contributed by atoms with E-state index < -0.39 is 28.2 Å². The van der Waals surface area contributed by atoms with E-state index in [-0.39, 0.29) is 0 Å². The van der Waals surface area contributed by atoms with Gasteiger partial charge in [0, 0.05) is 0 Å². The van der Waals surface area contributed by atoms with Crippen LogP contribution < -0.4 is 0 Å². The van der Waals surface area contributed by atoms with Crippen LogP contribution in [0.5, 0.6) is 0 Å². The normalized spacial score (nSPS) is 10.0. The van der Waals surface area contributed by atoms with Gasteiger partial charge in [-0.2, -0.15) is 0 Å². The van der Waals surface area contributed by atoms with Gasteiger partial charge in [0.1, 0.15) is 0 Å². The summed E-state index contributed by atoms with van der Waals surface area (Å²) >= 11 is -2.38. The topological polar surface area (TPSA) is 52.4 Å². The molecule has 0 unspecified atom stereocenters. The molecule has 15 heavy (non-hydrogen) atoms. The van der Waals surface area contributed by atoms with Gasteiger partial charge in [-0.3, -0.25) is 0 Å². The molecule has 0 fully saturated rings. The van der Waals surface area contributed by atoms with Gasteiger partial charge >= 0.3 is 101 Å². The molecule has 0 N–H and O–H groups in total. The molecule has 0 radical (unpaired) electrons. The van der Waals surface area contributed by atoms with Crippen LogP contribution in [0.3, 0.4) is 0 Å². The Morgan fingerprint density at radius 2 is 1.53 bits per heavy atom. The Kier molecular flexibility index (Phi) is 10.7. The minimum atomic E-state index is -2.38. The van der Waals surface area contributed by atoms with E-state index in [0.717, 1.165) is 20.8 Å². The first-order valence-corrected chi connectivity index (χ1v) is 14.2. The molecule has 0 rings (SSSR count). The van der Waals surface area contributed by atoms with Crippen molar-refractivity contribution in [1.29, 1.82) is 0 Å². The Morgan fingerprint density at radius 3 is 1.87 bits per heavy atom. The van der Waals surface area contributed by atoms with Crippen molar-refractivity contribution < 1.29 is 7.87 Å². The van der Waals surface area contributed by atoms with Gasteiger partial charge in [0.25, 0.3) is 0 Å². The van der Waals surface area contributed by atoms with E-state index in [9.17, 15) is 10.1 Å².